The van der Waals surface area contributed by atoms with Gasteiger partial charge < -0.3 is 33.5 Å². The van der Waals surface area contributed by atoms with Gasteiger partial charge in [0.2, 0.25) is 0 Å². The number of rotatable bonds is 18. The number of aryl methyl sites for hydroxylation is 5. The Morgan fingerprint density at radius 2 is 0.629 bits per heavy atom. The second-order valence-corrected chi connectivity index (χ2v) is 30.0. The molecule has 2 aromatic heterocycles. The smallest absolute Gasteiger partial charge is 0.337 e. The summed E-state index contributed by atoms with van der Waals surface area (Å²) in [6, 6.07) is 51.0. The first-order valence-corrected chi connectivity index (χ1v) is 39.6. The van der Waals surface area contributed by atoms with Gasteiger partial charge in [-0.3, -0.25) is 0 Å². The van der Waals surface area contributed by atoms with Crippen LogP contribution < -0.4 is 0 Å². The largest absolute Gasteiger partial charge is 0.465 e. The molecule has 9 aromatic rings. The van der Waals surface area contributed by atoms with Gasteiger partial charge in [0.05, 0.1) is 154 Å². The van der Waals surface area contributed by atoms with E-state index in [2.05, 4.69) is 96.6 Å². The molecular weight excluding hydrogens is 1600 g/mol. The first kappa shape index (κ1) is 91.2. The lowest BCUT2D eigenvalue weighted by Crippen LogP contribution is -2.32. The summed E-state index contributed by atoms with van der Waals surface area (Å²) < 4.78 is 31.6. The van der Waals surface area contributed by atoms with Crippen molar-refractivity contribution in [3.8, 4) is 30.3 Å². The molecule has 26 heteroatoms. The number of aliphatic hydroxyl groups is 1. The van der Waals surface area contributed by atoms with Gasteiger partial charge in [-0.2, -0.15) is 36.5 Å². The Bertz CT molecular complexity index is 5150. The molecule has 0 radical (unpaired) electrons. The predicted octanol–water partition coefficient (Wildman–Crippen LogP) is 16.5. The fourth-order valence-electron chi connectivity index (χ4n) is 13.8. The zero-order valence-electron chi connectivity index (χ0n) is 67.2. The van der Waals surface area contributed by atoms with Gasteiger partial charge in [0.15, 0.2) is 0 Å². The van der Waals surface area contributed by atoms with Crippen molar-refractivity contribution in [3.63, 3.8) is 0 Å². The van der Waals surface area contributed by atoms with Crippen LogP contribution >= 0.6 is 31.9 Å². The summed E-state index contributed by atoms with van der Waals surface area (Å²) in [6.07, 6.45) is 17.8. The molecule has 4 saturated carbocycles. The molecule has 13 rings (SSSR count). The average molecular weight is 1700 g/mol. The number of hydrogen-bond donors (Lipinski definition) is 1. The number of alkyl halides is 2. The fourth-order valence-corrected chi connectivity index (χ4v) is 14.4. The van der Waals surface area contributed by atoms with Crippen molar-refractivity contribution in [2.24, 2.45) is 0 Å². The molecule has 2 heterocycles. The van der Waals surface area contributed by atoms with Crippen molar-refractivity contribution in [2.75, 3.05) is 42.7 Å². The number of nitrogens with zero attached hydrogens (tertiary/aromatic N) is 11. The minimum absolute atomic E-state index is 0.0142. The van der Waals surface area contributed by atoms with Crippen LogP contribution in [0, 0.1) is 91.3 Å². The zero-order chi connectivity index (χ0) is 84.8. The fraction of sp³-hybridized carbons (Fsp3) is 0.367. The highest BCUT2D eigenvalue weighted by molar-refractivity contribution is 9.08. The molecular formula is C90H95Br2N11O13. The molecule has 0 amide bonds. The number of ether oxygens (including phenoxy) is 6. The van der Waals surface area contributed by atoms with E-state index in [1.54, 1.807) is 70.5 Å². The SMILES string of the molecule is COC(=O)c1cc(C)cc(C)c1.COC(=O)c1cc(C)cc(C2(C#N)CCC2)c1.COC(=O)c1cc(C)cc(CBr)c1.COC(=O)c1cc(C)cc(CC#N)c1.COC(=O)c1cc(CBr)cc(C2(C#N)CCC2)c1.COC(=O)c1cc(Cn2cncn2)cc(C2(C#N)CCC2)c1.N#CC1(c2cc(CO)cc(Cn3cncn3)c2)CCC1. The van der Waals surface area contributed by atoms with Crippen molar-refractivity contribution in [1.29, 1.82) is 26.3 Å². The van der Waals surface area contributed by atoms with Crippen molar-refractivity contribution in [2.45, 2.75) is 170 Å². The average Bonchev–Trinajstić information content (AvgIpc) is 0.891. The minimum Gasteiger partial charge on any atom is -0.465 e. The van der Waals surface area contributed by atoms with Gasteiger partial charge in [0, 0.05) is 10.7 Å². The van der Waals surface area contributed by atoms with Crippen LogP contribution in [0.4, 0.5) is 0 Å². The van der Waals surface area contributed by atoms with E-state index in [0.29, 0.717) is 58.2 Å². The summed E-state index contributed by atoms with van der Waals surface area (Å²) in [7, 11) is 8.21. The van der Waals surface area contributed by atoms with Crippen LogP contribution in [0.25, 0.3) is 0 Å². The van der Waals surface area contributed by atoms with E-state index >= 15 is 0 Å². The number of methoxy groups -OCH3 is 6. The van der Waals surface area contributed by atoms with Gasteiger partial charge in [0.25, 0.3) is 0 Å². The van der Waals surface area contributed by atoms with Crippen molar-refractivity contribution in [3.05, 3.63) is 270 Å². The highest BCUT2D eigenvalue weighted by Crippen LogP contribution is 2.47. The highest BCUT2D eigenvalue weighted by Gasteiger charge is 2.43. The summed E-state index contributed by atoms with van der Waals surface area (Å²) in [5.74, 6) is -2.02. The number of nitriles is 5. The maximum Gasteiger partial charge on any atom is 0.337 e. The van der Waals surface area contributed by atoms with Crippen LogP contribution in [0.1, 0.15) is 223 Å². The van der Waals surface area contributed by atoms with Crippen LogP contribution in [-0.2, 0) is 86.9 Å². The van der Waals surface area contributed by atoms with Crippen LogP contribution in [-0.4, -0.2) is 113 Å². The van der Waals surface area contributed by atoms with E-state index in [1.165, 1.54) is 55.3 Å². The van der Waals surface area contributed by atoms with Crippen LogP contribution in [0.2, 0.25) is 0 Å². The molecule has 602 valence electrons. The van der Waals surface area contributed by atoms with Crippen molar-refractivity contribution >= 4 is 67.7 Å². The van der Waals surface area contributed by atoms with Gasteiger partial charge >= 0.3 is 35.8 Å². The predicted molar refractivity (Wildman–Crippen MR) is 440 cm³/mol. The molecule has 24 nitrogen and oxygen atoms in total. The molecule has 0 spiro atoms. The number of aromatic nitrogens is 6. The topological polar surface area (TPSA) is 358 Å². The second-order valence-electron chi connectivity index (χ2n) is 28.8. The molecule has 4 fully saturated rings. The molecule has 0 saturated heterocycles. The molecule has 7 aromatic carbocycles. The monoisotopic (exact) mass is 1700 g/mol. The third-order valence-corrected chi connectivity index (χ3v) is 21.7. The van der Waals surface area contributed by atoms with E-state index in [0.717, 1.165) is 166 Å². The molecule has 0 aliphatic heterocycles. The number of benzene rings is 7. The van der Waals surface area contributed by atoms with E-state index < -0.39 is 16.8 Å². The Morgan fingerprint density at radius 3 is 0.940 bits per heavy atom. The molecule has 0 unspecified atom stereocenters. The first-order chi connectivity index (χ1) is 55.6. The van der Waals surface area contributed by atoms with E-state index in [4.69, 9.17) is 19.5 Å². The third-order valence-electron chi connectivity index (χ3n) is 20.4. The summed E-state index contributed by atoms with van der Waals surface area (Å²) >= 11 is 6.74. The molecule has 4 aliphatic rings. The summed E-state index contributed by atoms with van der Waals surface area (Å²) in [4.78, 5) is 76.4. The molecule has 0 bridgehead atoms. The number of carbonyl (C=O) groups excluding carboxylic acids is 6. The van der Waals surface area contributed by atoms with E-state index in [-0.39, 0.29) is 47.3 Å². The summed E-state index contributed by atoms with van der Waals surface area (Å²) in [5.41, 5.74) is 16.3. The van der Waals surface area contributed by atoms with Crippen molar-refractivity contribution < 1.29 is 62.3 Å². The first-order valence-electron chi connectivity index (χ1n) is 37.4. The lowest BCUT2D eigenvalue weighted by molar-refractivity contribution is 0.0591. The van der Waals surface area contributed by atoms with Gasteiger partial charge in [-0.05, 0) is 257 Å². The van der Waals surface area contributed by atoms with Crippen LogP contribution in [0.5, 0.6) is 0 Å². The van der Waals surface area contributed by atoms with Crippen LogP contribution in [0.15, 0.2) is 153 Å². The molecule has 0 atom stereocenters. The Kier molecular flexibility index (Phi) is 34.2. The molecule has 4 aliphatic carbocycles. The number of carbonyl (C=O) groups is 6. The quantitative estimate of drug-likeness (QED) is 0.0473. The third kappa shape index (κ3) is 24.3. The Hall–Kier alpha value is -12.0. The summed E-state index contributed by atoms with van der Waals surface area (Å²) in [5, 5.41) is 65.2. The minimum atomic E-state index is -0.471. The zero-order valence-corrected chi connectivity index (χ0v) is 70.4. The molecule has 116 heavy (non-hydrogen) atoms. The normalized spacial score (nSPS) is 14.0. The lowest BCUT2D eigenvalue weighted by atomic mass is 9.65. The lowest BCUT2D eigenvalue weighted by Gasteiger charge is -2.36. The van der Waals surface area contributed by atoms with E-state index in [1.807, 2.05) is 113 Å². The van der Waals surface area contributed by atoms with Gasteiger partial charge in [-0.15, -0.1) is 0 Å². The Balaban J connectivity index is 0.000000189. The number of aliphatic hydroxyl groups excluding tert-OH is 1. The Morgan fingerprint density at radius 1 is 0.362 bits per heavy atom. The summed E-state index contributed by atoms with van der Waals surface area (Å²) in [6.45, 7) is 10.8. The number of hydrogen-bond acceptors (Lipinski definition) is 22. The van der Waals surface area contributed by atoms with Gasteiger partial charge in [-0.25, -0.2) is 48.1 Å². The van der Waals surface area contributed by atoms with Gasteiger partial charge in [-0.1, -0.05) is 97.6 Å². The highest BCUT2D eigenvalue weighted by atomic mass is 79.9. The Labute approximate surface area is 694 Å². The standard InChI is InChI=1S/C16H16N4O2.C15H16N4O.C14H14BrNO2.C14H15NO2.C11H11NO2.C10H11BrO2.C10H12O2/c1-22-15(21)13-5-12(8-20-11-18-10-19-20)6-14(7-13)16(9-17)3-2-4-16;16-9-15(2-1-3-15)14-5-12(4-13(6-14)8-20)7-19-11-17-10-18-19;1-18-13(17)11-5-10(8-15)6-12(7-11)14(9-16)3-2-4-14;1-10-6-11(13(16)17-2)8-12(7-10)14(9-15)4-3-5-14;1-8-5-9(3-4-12)7-10(6-8)11(13)14-2;1-7-3-8(6-11)5-9(4-7)10(12)13-2;1-7-4-8(2)6-9(5-7)10(11)12-3/h5-7,10-11H,2-4,8H2,1H3;4-6,10-11,20H,1-3,7-8H2;5-7H,2-4,8H2,1H3;6-8H,3-5H2,1-2H3;5-7H,3H2,1-2H3;3-5H,6H2,1-2H3;4-6H,1-3H3. The van der Waals surface area contributed by atoms with Crippen molar-refractivity contribution in [1.82, 2.24) is 29.5 Å². The maximum atomic E-state index is 11.9. The maximum absolute atomic E-state index is 11.9. The molecule has 1 N–H and O–H groups in total. The second kappa shape index (κ2) is 43.5. The van der Waals surface area contributed by atoms with E-state index in [9.17, 15) is 54.9 Å². The van der Waals surface area contributed by atoms with Gasteiger partial charge in [0.1, 0.15) is 25.3 Å². The van der Waals surface area contributed by atoms with Crippen LogP contribution in [0.3, 0.4) is 0 Å². The number of esters is 6. The number of halogens is 2.